The van der Waals surface area contributed by atoms with E-state index in [0.717, 1.165) is 22.8 Å². The molecule has 0 aromatic carbocycles. The first-order chi connectivity index (χ1) is 2.41. The molecule has 0 fully saturated rings. The van der Waals surface area contributed by atoms with Gasteiger partial charge in [0.15, 0.2) is 0 Å². The summed E-state index contributed by atoms with van der Waals surface area (Å²) in [7, 11) is 0. The third kappa shape index (κ3) is 8.87. The van der Waals surface area contributed by atoms with Crippen LogP contribution >= 0.6 is 0 Å². The molecule has 0 bridgehead atoms. The van der Waals surface area contributed by atoms with Gasteiger partial charge in [-0.1, -0.05) is 0 Å². The topological polar surface area (TPSA) is 41.8 Å². The van der Waals surface area contributed by atoms with Crippen LogP contribution < -0.4 is 0 Å². The Hall–Kier alpha value is 0.927. The molecule has 0 aliphatic heterocycles. The Bertz CT molecular complexity index is 53.5. The molecule has 0 aromatic heterocycles. The summed E-state index contributed by atoms with van der Waals surface area (Å²) in [6, 6.07) is 0. The van der Waals surface area contributed by atoms with Gasteiger partial charge in [-0.05, 0) is 0 Å². The molecule has 4 radical (unpaired) electrons. The van der Waals surface area contributed by atoms with Crippen molar-refractivity contribution in [1.82, 2.24) is 0 Å². The molecule has 0 unspecified atom stereocenters. The first-order valence-corrected chi connectivity index (χ1v) is 4.57. The Morgan fingerprint density at radius 3 is 2.17 bits per heavy atom. The van der Waals surface area contributed by atoms with Crippen LogP contribution in [0.3, 0.4) is 0 Å². The van der Waals surface area contributed by atoms with Crippen molar-refractivity contribution in [2.45, 2.75) is 0 Å². The second-order valence-corrected chi connectivity index (χ2v) is 1.95. The second kappa shape index (κ2) is 9.33. The molecule has 0 aromatic rings. The van der Waals surface area contributed by atoms with E-state index >= 15 is 0 Å². The van der Waals surface area contributed by atoms with Crippen LogP contribution in [0.15, 0.2) is 6.67 Å². The molecule has 0 N–H and O–H groups in total. The van der Waals surface area contributed by atoms with Gasteiger partial charge >= 0.3 is 53.9 Å². The third-order valence-corrected chi connectivity index (χ3v) is 2.52. The average Bonchev–Trinajstić information content (AvgIpc) is 1.41. The third-order valence-electron chi connectivity index (χ3n) is 0.0908. The van der Waals surface area contributed by atoms with Crippen molar-refractivity contribution in [2.75, 3.05) is 0 Å². The van der Waals surface area contributed by atoms with Crippen LogP contribution in [-0.4, -0.2) is 44.2 Å². The summed E-state index contributed by atoms with van der Waals surface area (Å²) < 4.78 is 16.0. The van der Waals surface area contributed by atoms with Crippen LogP contribution in [0, 0.1) is 0 Å². The van der Waals surface area contributed by atoms with Gasteiger partial charge in [-0.2, -0.15) is 0 Å². The molecule has 0 aliphatic carbocycles. The summed E-state index contributed by atoms with van der Waals surface area (Å²) in [4.78, 5) is 0. The molecule has 0 aliphatic rings. The van der Waals surface area contributed by atoms with E-state index in [-0.39, 0.29) is 4.70 Å². The zero-order chi connectivity index (χ0) is 4.12. The normalized spacial score (nSPS) is 7.50. The van der Waals surface area contributed by atoms with E-state index in [2.05, 4.69) is 6.67 Å². The quantitative estimate of drug-likeness (QED) is 0.482. The van der Waals surface area contributed by atoms with Crippen molar-refractivity contribution < 1.29 is 7.78 Å². The van der Waals surface area contributed by atoms with Gasteiger partial charge in [-0.15, -0.1) is 0 Å². The molecule has 6 heteroatoms. The van der Waals surface area contributed by atoms with Gasteiger partial charge in [-0.3, -0.25) is 4.70 Å². The number of hydrogen-bond donors (Lipinski definition) is 0. The van der Waals surface area contributed by atoms with Gasteiger partial charge in [-0.25, -0.2) is 0 Å². The fourth-order valence-electron chi connectivity index (χ4n) is 0.0204. The molecule has 0 saturated carbocycles. The van der Waals surface area contributed by atoms with Gasteiger partial charge < -0.3 is 0 Å². The Labute approximate surface area is 58.4 Å². The number of hydrogen-bond acceptors (Lipinski definition) is 2. The van der Waals surface area contributed by atoms with Crippen molar-refractivity contribution in [3.05, 3.63) is 0 Å². The molecule has 32 valence electrons. The molecule has 6 heavy (non-hydrogen) atoms. The standard InChI is InChI=1S/FH.N2.O.2Sn/c;1-2;;;/h1H;;;;/q;-2;;2*+1. The Morgan fingerprint density at radius 2 is 2.17 bits per heavy atom. The van der Waals surface area contributed by atoms with Crippen molar-refractivity contribution in [2.24, 2.45) is 6.67 Å². The Balaban J connectivity index is 0. The average molecular weight is 301 g/mol. The molecule has 0 amide bonds. The zero-order valence-corrected chi connectivity index (χ0v) is 8.42. The first-order valence-electron chi connectivity index (χ1n) is 0.851. The maximum atomic E-state index is 9.45. The van der Waals surface area contributed by atoms with E-state index in [1.165, 1.54) is 0 Å². The summed E-state index contributed by atoms with van der Waals surface area (Å²) in [5.41, 5.74) is 0. The molecular weight excluding hydrogens is 300 g/mol. The fourth-order valence-corrected chi connectivity index (χ4v) is 0.919. The van der Waals surface area contributed by atoms with E-state index in [1.54, 1.807) is 0 Å². The van der Waals surface area contributed by atoms with E-state index in [9.17, 15) is 3.08 Å². The van der Waals surface area contributed by atoms with Crippen LogP contribution in [-0.2, 0) is 3.08 Å². The van der Waals surface area contributed by atoms with E-state index in [1.807, 2.05) is 0 Å². The van der Waals surface area contributed by atoms with Crippen molar-refractivity contribution in [3.63, 3.8) is 0 Å². The van der Waals surface area contributed by atoms with Crippen LogP contribution in [0.5, 0.6) is 0 Å². The van der Waals surface area contributed by atoms with E-state index in [0.29, 0.717) is 0 Å². The predicted molar refractivity (Wildman–Crippen MR) is 19.6 cm³/mol. The number of nitrogens with zero attached hydrogens (tertiary/aromatic N) is 2. The Morgan fingerprint density at radius 1 is 1.67 bits per heavy atom. The molecule has 0 atom stereocenters. The minimum absolute atomic E-state index is 0. The van der Waals surface area contributed by atoms with Crippen molar-refractivity contribution >= 4 is 44.2 Å². The van der Waals surface area contributed by atoms with Gasteiger partial charge in [0.25, 0.3) is 0 Å². The van der Waals surface area contributed by atoms with Gasteiger partial charge in [0.1, 0.15) is 0 Å². The minimum atomic E-state index is -1.56. The van der Waals surface area contributed by atoms with E-state index < -0.39 is 21.4 Å². The Kier molecular flexibility index (Phi) is 15.6. The van der Waals surface area contributed by atoms with Gasteiger partial charge in [0.05, 0.1) is 0 Å². The van der Waals surface area contributed by atoms with Crippen LogP contribution in [0.4, 0.5) is 4.70 Å². The van der Waals surface area contributed by atoms with E-state index in [4.69, 9.17) is 0 Å². The van der Waals surface area contributed by atoms with Gasteiger partial charge in [0.2, 0.25) is 0 Å². The zero-order valence-electron chi connectivity index (χ0n) is 2.71. The number of halogens is 1. The summed E-state index contributed by atoms with van der Waals surface area (Å²) in [5.74, 6) is 0. The molecule has 0 spiro atoms. The van der Waals surface area contributed by atoms with Crippen LogP contribution in [0.2, 0.25) is 0 Å². The van der Waals surface area contributed by atoms with Crippen LogP contribution in [0.25, 0.3) is 0 Å². The molecule has 0 rings (SSSR count). The maximum absolute atomic E-state index is 9.45. The molecule has 0 saturated heterocycles. The number of rotatable bonds is 1. The molecular formula is HFN2OSn2. The van der Waals surface area contributed by atoms with Crippen molar-refractivity contribution in [1.29, 1.82) is 0 Å². The summed E-state index contributed by atoms with van der Waals surface area (Å²) in [5, 5.41) is 0. The molecule has 0 heterocycles. The predicted octanol–water partition coefficient (Wildman–Crippen LogP) is -0.361. The molecule has 3 nitrogen and oxygen atoms in total. The summed E-state index contributed by atoms with van der Waals surface area (Å²) in [6.07, 6.45) is 0. The van der Waals surface area contributed by atoms with Gasteiger partial charge in [0, 0.05) is 0 Å². The summed E-state index contributed by atoms with van der Waals surface area (Å²) in [6.45, 7) is 0. The second-order valence-electron chi connectivity index (χ2n) is 0.291. The first kappa shape index (κ1) is 10.0. The fraction of sp³-hybridized carbons (Fsp3) is 0. The monoisotopic (exact) mass is 304 g/mol. The summed E-state index contributed by atoms with van der Waals surface area (Å²) >= 11 is -0.578. The van der Waals surface area contributed by atoms with Crippen molar-refractivity contribution in [3.8, 4) is 0 Å². The SMILES string of the molecule is F.[O]=[Sn][N]=[N][Sn]. The van der Waals surface area contributed by atoms with Crippen LogP contribution in [0.1, 0.15) is 0 Å².